The number of aliphatic carboxylic acids is 1. The number of hydrogen-bond acceptors (Lipinski definition) is 3. The van der Waals surface area contributed by atoms with Gasteiger partial charge in [0, 0.05) is 25.2 Å². The Morgan fingerprint density at radius 2 is 1.86 bits per heavy atom. The molecule has 4 heteroatoms. The van der Waals surface area contributed by atoms with Crippen LogP contribution in [0.25, 0.3) is 0 Å². The van der Waals surface area contributed by atoms with Gasteiger partial charge in [0.05, 0.1) is 0 Å². The zero-order valence-corrected chi connectivity index (χ0v) is 13.6. The fourth-order valence-corrected chi connectivity index (χ4v) is 3.06. The predicted octanol–water partition coefficient (Wildman–Crippen LogP) is 3.93. The maximum Gasteiger partial charge on any atom is 0.303 e. The van der Waals surface area contributed by atoms with Gasteiger partial charge in [-0.1, -0.05) is 38.7 Å². The van der Waals surface area contributed by atoms with E-state index in [4.69, 9.17) is 5.11 Å². The molecule has 0 heterocycles. The lowest BCUT2D eigenvalue weighted by atomic mass is 9.89. The third-order valence-corrected chi connectivity index (χ3v) is 4.44. The van der Waals surface area contributed by atoms with E-state index in [2.05, 4.69) is 0 Å². The van der Waals surface area contributed by atoms with Crippen molar-refractivity contribution in [2.75, 3.05) is 0 Å². The number of hydrogen-bond donors (Lipinski definition) is 1. The minimum absolute atomic E-state index is 0.0833. The van der Waals surface area contributed by atoms with E-state index in [1.165, 1.54) is 0 Å². The molecule has 0 aromatic heterocycles. The van der Waals surface area contributed by atoms with Gasteiger partial charge in [0.15, 0.2) is 5.78 Å². The van der Waals surface area contributed by atoms with Crippen LogP contribution in [0.4, 0.5) is 0 Å². The maximum atomic E-state index is 12.0. The SMILES string of the molecule is CCC(=O)/C=C/C1CCC(=O)C1CCCCCCCC(=O)O. The summed E-state index contributed by atoms with van der Waals surface area (Å²) >= 11 is 0. The number of rotatable bonds is 11. The first-order valence-electron chi connectivity index (χ1n) is 8.50. The molecule has 0 amide bonds. The van der Waals surface area contributed by atoms with E-state index in [0.29, 0.717) is 18.6 Å². The second-order valence-corrected chi connectivity index (χ2v) is 6.15. The Kier molecular flexibility index (Phi) is 8.71. The van der Waals surface area contributed by atoms with Gasteiger partial charge in [0.25, 0.3) is 0 Å². The van der Waals surface area contributed by atoms with Crippen molar-refractivity contribution < 1.29 is 19.5 Å². The minimum Gasteiger partial charge on any atom is -0.481 e. The van der Waals surface area contributed by atoms with E-state index in [0.717, 1.165) is 44.9 Å². The third kappa shape index (κ3) is 7.01. The van der Waals surface area contributed by atoms with Gasteiger partial charge in [-0.2, -0.15) is 0 Å². The van der Waals surface area contributed by atoms with Crippen LogP contribution >= 0.6 is 0 Å². The summed E-state index contributed by atoms with van der Waals surface area (Å²) in [5, 5.41) is 8.56. The highest BCUT2D eigenvalue weighted by atomic mass is 16.4. The van der Waals surface area contributed by atoms with Gasteiger partial charge < -0.3 is 5.11 Å². The number of unbranched alkanes of at least 4 members (excludes halogenated alkanes) is 4. The van der Waals surface area contributed by atoms with Gasteiger partial charge in [-0.3, -0.25) is 14.4 Å². The van der Waals surface area contributed by atoms with Crippen LogP contribution in [-0.2, 0) is 14.4 Å². The third-order valence-electron chi connectivity index (χ3n) is 4.44. The van der Waals surface area contributed by atoms with Crippen LogP contribution in [0.3, 0.4) is 0 Å². The molecule has 2 unspecified atom stereocenters. The van der Waals surface area contributed by atoms with Crippen LogP contribution < -0.4 is 0 Å². The summed E-state index contributed by atoms with van der Waals surface area (Å²) in [5.74, 6) is 0.0451. The predicted molar refractivity (Wildman–Crippen MR) is 85.6 cm³/mol. The molecule has 4 nitrogen and oxygen atoms in total. The van der Waals surface area contributed by atoms with E-state index in [-0.39, 0.29) is 24.0 Å². The van der Waals surface area contributed by atoms with Crippen molar-refractivity contribution in [3.05, 3.63) is 12.2 Å². The number of ketones is 2. The van der Waals surface area contributed by atoms with Crippen LogP contribution in [0, 0.1) is 11.8 Å². The second kappa shape index (κ2) is 10.3. The Hall–Kier alpha value is -1.45. The Morgan fingerprint density at radius 1 is 1.18 bits per heavy atom. The average Bonchev–Trinajstić information content (AvgIpc) is 2.84. The Balaban J connectivity index is 2.24. The van der Waals surface area contributed by atoms with Crippen LogP contribution in [0.5, 0.6) is 0 Å². The topological polar surface area (TPSA) is 71.4 Å². The molecule has 1 aliphatic rings. The smallest absolute Gasteiger partial charge is 0.303 e. The lowest BCUT2D eigenvalue weighted by Crippen LogP contribution is -2.13. The molecule has 22 heavy (non-hydrogen) atoms. The summed E-state index contributed by atoms with van der Waals surface area (Å²) < 4.78 is 0. The van der Waals surface area contributed by atoms with E-state index >= 15 is 0 Å². The van der Waals surface area contributed by atoms with Crippen molar-refractivity contribution in [2.45, 2.75) is 71.1 Å². The molecule has 0 radical (unpaired) electrons. The number of carboxylic acids is 1. The van der Waals surface area contributed by atoms with E-state index in [9.17, 15) is 14.4 Å². The summed E-state index contributed by atoms with van der Waals surface area (Å²) in [5.41, 5.74) is 0. The zero-order chi connectivity index (χ0) is 16.4. The fraction of sp³-hybridized carbons (Fsp3) is 0.722. The van der Waals surface area contributed by atoms with Crippen LogP contribution in [0.2, 0.25) is 0 Å². The Labute approximate surface area is 133 Å². The first-order chi connectivity index (χ1) is 10.5. The summed E-state index contributed by atoms with van der Waals surface area (Å²) in [6, 6.07) is 0. The van der Waals surface area contributed by atoms with Crippen molar-refractivity contribution >= 4 is 17.5 Å². The summed E-state index contributed by atoms with van der Waals surface area (Å²) in [4.78, 5) is 33.7. The lowest BCUT2D eigenvalue weighted by Gasteiger charge is -2.14. The lowest BCUT2D eigenvalue weighted by molar-refractivity contribution is -0.137. The van der Waals surface area contributed by atoms with Gasteiger partial charge >= 0.3 is 5.97 Å². The average molecular weight is 308 g/mol. The monoisotopic (exact) mass is 308 g/mol. The van der Waals surface area contributed by atoms with E-state index < -0.39 is 5.97 Å². The molecule has 1 aliphatic carbocycles. The molecule has 2 atom stereocenters. The molecule has 124 valence electrons. The van der Waals surface area contributed by atoms with Crippen molar-refractivity contribution in [1.82, 2.24) is 0 Å². The highest BCUT2D eigenvalue weighted by Gasteiger charge is 2.32. The van der Waals surface area contributed by atoms with Gasteiger partial charge in [-0.25, -0.2) is 0 Å². The van der Waals surface area contributed by atoms with Crippen LogP contribution in [-0.4, -0.2) is 22.6 Å². The molecule has 0 aliphatic heterocycles. The highest BCUT2D eigenvalue weighted by molar-refractivity contribution is 5.89. The molecule has 0 aromatic rings. The molecule has 1 saturated carbocycles. The highest BCUT2D eigenvalue weighted by Crippen LogP contribution is 2.33. The van der Waals surface area contributed by atoms with Crippen molar-refractivity contribution in [3.8, 4) is 0 Å². The molecule has 0 aromatic carbocycles. The Bertz CT molecular complexity index is 411. The Morgan fingerprint density at radius 3 is 2.55 bits per heavy atom. The summed E-state index contributed by atoms with van der Waals surface area (Å²) in [6.45, 7) is 1.84. The van der Waals surface area contributed by atoms with Gasteiger partial charge in [0.1, 0.15) is 5.78 Å². The molecular weight excluding hydrogens is 280 g/mol. The fourth-order valence-electron chi connectivity index (χ4n) is 3.06. The molecular formula is C18H28O4. The number of carbonyl (C=O) groups excluding carboxylic acids is 2. The number of carboxylic acid groups (broad SMARTS) is 1. The van der Waals surface area contributed by atoms with Crippen molar-refractivity contribution in [3.63, 3.8) is 0 Å². The maximum absolute atomic E-state index is 12.0. The first kappa shape index (κ1) is 18.6. The second-order valence-electron chi connectivity index (χ2n) is 6.15. The number of Topliss-reactive ketones (excluding diaryl/α,β-unsaturated/α-hetero) is 1. The molecule has 0 bridgehead atoms. The zero-order valence-electron chi connectivity index (χ0n) is 13.6. The van der Waals surface area contributed by atoms with E-state index in [1.54, 1.807) is 6.08 Å². The summed E-state index contributed by atoms with van der Waals surface area (Å²) in [7, 11) is 0. The molecule has 1 N–H and O–H groups in total. The number of allylic oxidation sites excluding steroid dienone is 2. The molecule has 1 rings (SSSR count). The quantitative estimate of drug-likeness (QED) is 0.463. The molecule has 0 saturated heterocycles. The normalized spacial score (nSPS) is 21.6. The van der Waals surface area contributed by atoms with Gasteiger partial charge in [-0.15, -0.1) is 0 Å². The molecule has 1 fully saturated rings. The van der Waals surface area contributed by atoms with Crippen LogP contribution in [0.1, 0.15) is 71.1 Å². The molecule has 0 spiro atoms. The minimum atomic E-state index is -0.729. The standard InChI is InChI=1S/C18H28O4/c1-2-15(19)12-10-14-11-13-17(20)16(14)8-6-4-3-5-7-9-18(21)22/h10,12,14,16H,2-9,11,13H2,1H3,(H,21,22)/b12-10+. The first-order valence-corrected chi connectivity index (χ1v) is 8.50. The largest absolute Gasteiger partial charge is 0.481 e. The van der Waals surface area contributed by atoms with Gasteiger partial charge in [0.2, 0.25) is 0 Å². The van der Waals surface area contributed by atoms with Crippen molar-refractivity contribution in [2.24, 2.45) is 11.8 Å². The van der Waals surface area contributed by atoms with Gasteiger partial charge in [-0.05, 0) is 31.3 Å². The van der Waals surface area contributed by atoms with Crippen LogP contribution in [0.15, 0.2) is 12.2 Å². The van der Waals surface area contributed by atoms with Crippen molar-refractivity contribution in [1.29, 1.82) is 0 Å². The van der Waals surface area contributed by atoms with E-state index in [1.807, 2.05) is 13.0 Å². The summed E-state index contributed by atoms with van der Waals surface area (Å²) in [6.07, 6.45) is 11.5. The number of carbonyl (C=O) groups is 3.